The van der Waals surface area contributed by atoms with Gasteiger partial charge in [-0.3, -0.25) is 4.79 Å². The van der Waals surface area contributed by atoms with Crippen molar-refractivity contribution in [2.75, 3.05) is 6.54 Å². The molecule has 0 aliphatic rings. The zero-order valence-electron chi connectivity index (χ0n) is 9.54. The first-order valence-electron chi connectivity index (χ1n) is 5.14. The predicted octanol–water partition coefficient (Wildman–Crippen LogP) is 1.71. The lowest BCUT2D eigenvalue weighted by atomic mass is 10.1. The molecule has 0 spiro atoms. The number of benzene rings is 1. The van der Waals surface area contributed by atoms with Crippen LogP contribution in [0.2, 0.25) is 0 Å². The average Bonchev–Trinajstić information content (AvgIpc) is 2.15. The molecular weight excluding hydrogens is 220 g/mol. The lowest BCUT2D eigenvalue weighted by Gasteiger charge is -2.06. The number of nitrogens with two attached hydrogens (primary N) is 1. The molecule has 1 amide bonds. The third-order valence-corrected chi connectivity index (χ3v) is 2.34. The highest BCUT2D eigenvalue weighted by Crippen LogP contribution is 2.08. The highest BCUT2D eigenvalue weighted by molar-refractivity contribution is 7.80. The summed E-state index contributed by atoms with van der Waals surface area (Å²) >= 11 is 4.73. The van der Waals surface area contributed by atoms with Gasteiger partial charge in [-0.2, -0.15) is 0 Å². The van der Waals surface area contributed by atoms with Crippen LogP contribution in [0, 0.1) is 13.8 Å². The van der Waals surface area contributed by atoms with Crippen molar-refractivity contribution < 1.29 is 4.79 Å². The molecule has 3 nitrogen and oxygen atoms in total. The van der Waals surface area contributed by atoms with E-state index in [1.165, 1.54) is 0 Å². The summed E-state index contributed by atoms with van der Waals surface area (Å²) in [5.41, 5.74) is 8.19. The van der Waals surface area contributed by atoms with Crippen molar-refractivity contribution >= 4 is 23.1 Å². The second kappa shape index (κ2) is 5.61. The maximum atomic E-state index is 11.7. The van der Waals surface area contributed by atoms with Crippen LogP contribution in [-0.4, -0.2) is 17.4 Å². The summed E-state index contributed by atoms with van der Waals surface area (Å²) in [6.07, 6.45) is 0.534. The van der Waals surface area contributed by atoms with Gasteiger partial charge in [-0.05, 0) is 26.0 Å². The minimum Gasteiger partial charge on any atom is -0.393 e. The molecule has 0 aromatic heterocycles. The minimum atomic E-state index is -0.0805. The van der Waals surface area contributed by atoms with Crippen molar-refractivity contribution in [1.82, 2.24) is 5.32 Å². The van der Waals surface area contributed by atoms with Gasteiger partial charge in [-0.15, -0.1) is 0 Å². The molecule has 0 radical (unpaired) electrons. The second-order valence-electron chi connectivity index (χ2n) is 3.85. The molecule has 1 aromatic carbocycles. The highest BCUT2D eigenvalue weighted by Gasteiger charge is 2.05. The topological polar surface area (TPSA) is 55.1 Å². The Bertz CT molecular complexity index is 395. The van der Waals surface area contributed by atoms with Gasteiger partial charge in [0, 0.05) is 18.5 Å². The maximum absolute atomic E-state index is 11.7. The Labute approximate surface area is 101 Å². The van der Waals surface area contributed by atoms with Crippen LogP contribution in [0.25, 0.3) is 0 Å². The Balaban J connectivity index is 2.62. The SMILES string of the molecule is Cc1cc(C)cc(C(=O)NCCC(N)=S)c1. The fraction of sp³-hybridized carbons (Fsp3) is 0.333. The van der Waals surface area contributed by atoms with E-state index in [1.54, 1.807) is 0 Å². The maximum Gasteiger partial charge on any atom is 0.251 e. The highest BCUT2D eigenvalue weighted by atomic mass is 32.1. The molecule has 0 bridgehead atoms. The number of amides is 1. The van der Waals surface area contributed by atoms with Gasteiger partial charge in [0.25, 0.3) is 5.91 Å². The van der Waals surface area contributed by atoms with E-state index in [-0.39, 0.29) is 5.91 Å². The summed E-state index contributed by atoms with van der Waals surface area (Å²) in [7, 11) is 0. The number of rotatable bonds is 4. The number of aryl methyl sites for hydroxylation is 2. The molecule has 0 atom stereocenters. The summed E-state index contributed by atoms with van der Waals surface area (Å²) < 4.78 is 0. The van der Waals surface area contributed by atoms with Crippen LogP contribution in [0.15, 0.2) is 18.2 Å². The monoisotopic (exact) mass is 236 g/mol. The van der Waals surface area contributed by atoms with Crippen LogP contribution in [0.5, 0.6) is 0 Å². The van der Waals surface area contributed by atoms with Crippen LogP contribution in [-0.2, 0) is 0 Å². The third-order valence-electron chi connectivity index (χ3n) is 2.14. The molecule has 0 saturated heterocycles. The average molecular weight is 236 g/mol. The number of carbonyl (C=O) groups is 1. The molecule has 0 aliphatic carbocycles. The Hall–Kier alpha value is -1.42. The number of carbonyl (C=O) groups excluding carboxylic acids is 1. The molecule has 3 N–H and O–H groups in total. The van der Waals surface area contributed by atoms with Crippen LogP contribution in [0.3, 0.4) is 0 Å². The first-order chi connectivity index (χ1) is 7.49. The molecular formula is C12H16N2OS. The van der Waals surface area contributed by atoms with E-state index in [0.717, 1.165) is 11.1 Å². The quantitative estimate of drug-likeness (QED) is 0.782. The zero-order valence-corrected chi connectivity index (χ0v) is 10.4. The summed E-state index contributed by atoms with van der Waals surface area (Å²) in [6.45, 7) is 4.43. The minimum absolute atomic E-state index is 0.0805. The Kier molecular flexibility index (Phi) is 4.43. The van der Waals surface area contributed by atoms with Crippen molar-refractivity contribution in [3.05, 3.63) is 34.9 Å². The predicted molar refractivity (Wildman–Crippen MR) is 69.7 cm³/mol. The fourth-order valence-corrected chi connectivity index (χ4v) is 1.61. The Morgan fingerprint density at radius 2 is 1.88 bits per heavy atom. The van der Waals surface area contributed by atoms with E-state index < -0.39 is 0 Å². The molecule has 4 heteroatoms. The normalized spacial score (nSPS) is 9.88. The molecule has 0 aliphatic heterocycles. The summed E-state index contributed by atoms with van der Waals surface area (Å²) in [6, 6.07) is 5.76. The fourth-order valence-electron chi connectivity index (χ4n) is 1.51. The van der Waals surface area contributed by atoms with Crippen LogP contribution >= 0.6 is 12.2 Å². The molecule has 0 heterocycles. The molecule has 0 unspecified atom stereocenters. The van der Waals surface area contributed by atoms with Gasteiger partial charge in [-0.25, -0.2) is 0 Å². The summed E-state index contributed by atoms with van der Waals surface area (Å²) in [5, 5.41) is 2.78. The van der Waals surface area contributed by atoms with E-state index in [2.05, 4.69) is 5.32 Å². The molecule has 1 aromatic rings. The van der Waals surface area contributed by atoms with Gasteiger partial charge in [-0.1, -0.05) is 29.4 Å². The molecule has 1 rings (SSSR count). The van der Waals surface area contributed by atoms with Gasteiger partial charge < -0.3 is 11.1 Å². The third kappa shape index (κ3) is 3.98. The van der Waals surface area contributed by atoms with Gasteiger partial charge in [0.05, 0.1) is 4.99 Å². The van der Waals surface area contributed by atoms with Crippen molar-refractivity contribution in [3.63, 3.8) is 0 Å². The van der Waals surface area contributed by atoms with Crippen LogP contribution in [0.4, 0.5) is 0 Å². The largest absolute Gasteiger partial charge is 0.393 e. The molecule has 16 heavy (non-hydrogen) atoms. The van der Waals surface area contributed by atoms with E-state index in [1.807, 2.05) is 32.0 Å². The van der Waals surface area contributed by atoms with Crippen molar-refractivity contribution in [1.29, 1.82) is 0 Å². The number of thiocarbonyl (C=S) groups is 1. The van der Waals surface area contributed by atoms with Crippen molar-refractivity contribution in [3.8, 4) is 0 Å². The second-order valence-corrected chi connectivity index (χ2v) is 4.37. The van der Waals surface area contributed by atoms with Crippen LogP contribution < -0.4 is 11.1 Å². The first-order valence-corrected chi connectivity index (χ1v) is 5.54. The van der Waals surface area contributed by atoms with E-state index in [4.69, 9.17) is 18.0 Å². The smallest absolute Gasteiger partial charge is 0.251 e. The van der Waals surface area contributed by atoms with Gasteiger partial charge >= 0.3 is 0 Å². The molecule has 0 saturated carbocycles. The van der Waals surface area contributed by atoms with E-state index in [0.29, 0.717) is 23.5 Å². The van der Waals surface area contributed by atoms with Crippen LogP contribution in [0.1, 0.15) is 27.9 Å². The van der Waals surface area contributed by atoms with E-state index in [9.17, 15) is 4.79 Å². The van der Waals surface area contributed by atoms with E-state index >= 15 is 0 Å². The lowest BCUT2D eigenvalue weighted by molar-refractivity contribution is 0.0954. The molecule has 86 valence electrons. The standard InChI is InChI=1S/C12H16N2OS/c1-8-5-9(2)7-10(6-8)12(15)14-4-3-11(13)16/h5-7H,3-4H2,1-2H3,(H2,13,16)(H,14,15). The zero-order chi connectivity index (χ0) is 12.1. The Morgan fingerprint density at radius 1 is 1.31 bits per heavy atom. The van der Waals surface area contributed by atoms with Crippen molar-refractivity contribution in [2.45, 2.75) is 20.3 Å². The van der Waals surface area contributed by atoms with Gasteiger partial charge in [0.2, 0.25) is 0 Å². The summed E-state index contributed by atoms with van der Waals surface area (Å²) in [5.74, 6) is -0.0805. The number of hydrogen-bond acceptors (Lipinski definition) is 2. The lowest BCUT2D eigenvalue weighted by Crippen LogP contribution is -2.27. The Morgan fingerprint density at radius 3 is 2.38 bits per heavy atom. The van der Waals surface area contributed by atoms with Gasteiger partial charge in [0.1, 0.15) is 0 Å². The first kappa shape index (κ1) is 12.6. The summed E-state index contributed by atoms with van der Waals surface area (Å²) in [4.78, 5) is 12.2. The number of nitrogens with one attached hydrogen (secondary N) is 1. The number of hydrogen-bond donors (Lipinski definition) is 2. The van der Waals surface area contributed by atoms with Gasteiger partial charge in [0.15, 0.2) is 0 Å². The molecule has 0 fully saturated rings. The van der Waals surface area contributed by atoms with Crippen molar-refractivity contribution in [2.24, 2.45) is 5.73 Å².